The number of rotatable bonds is 5. The first-order valence-electron chi connectivity index (χ1n) is 7.79. The second-order valence-electron chi connectivity index (χ2n) is 6.10. The lowest BCUT2D eigenvalue weighted by molar-refractivity contribution is -0.918. The zero-order chi connectivity index (χ0) is 15.5. The third-order valence-corrected chi connectivity index (χ3v) is 3.93. The number of benzene rings is 1. The molecule has 0 saturated carbocycles. The molecule has 0 amide bonds. The lowest BCUT2D eigenvalue weighted by atomic mass is 10.2. The molecule has 2 aliphatic heterocycles. The molecule has 1 saturated heterocycles. The van der Waals surface area contributed by atoms with Crippen LogP contribution in [0.25, 0.3) is 0 Å². The fourth-order valence-corrected chi connectivity index (χ4v) is 3.11. The van der Waals surface area contributed by atoms with Crippen molar-refractivity contribution in [3.63, 3.8) is 0 Å². The van der Waals surface area contributed by atoms with Crippen molar-refractivity contribution in [3.8, 4) is 17.2 Å². The highest BCUT2D eigenvalue weighted by molar-refractivity contribution is 5.46. The Hall–Kier alpha value is -1.50. The van der Waals surface area contributed by atoms with Crippen molar-refractivity contribution >= 4 is 0 Å². The Labute approximate surface area is 130 Å². The van der Waals surface area contributed by atoms with E-state index in [-0.39, 0.29) is 25.6 Å². The highest BCUT2D eigenvalue weighted by Gasteiger charge is 2.27. The van der Waals surface area contributed by atoms with Crippen LogP contribution in [0.15, 0.2) is 18.2 Å². The van der Waals surface area contributed by atoms with E-state index < -0.39 is 6.10 Å². The van der Waals surface area contributed by atoms with Crippen LogP contribution in [0.3, 0.4) is 0 Å². The predicted molar refractivity (Wildman–Crippen MR) is 79.6 cm³/mol. The maximum Gasteiger partial charge on any atom is 0.231 e. The SMILES string of the molecule is C[C@H]1C[NH+](C[C@H](O)COc2ccc3c(c2)OCO3)C[C@H](C)O1. The molecule has 22 heavy (non-hydrogen) atoms. The van der Waals surface area contributed by atoms with Crippen LogP contribution in [-0.2, 0) is 4.74 Å². The van der Waals surface area contributed by atoms with E-state index >= 15 is 0 Å². The second kappa shape index (κ2) is 6.73. The van der Waals surface area contributed by atoms with E-state index in [2.05, 4.69) is 13.8 Å². The zero-order valence-corrected chi connectivity index (χ0v) is 13.1. The van der Waals surface area contributed by atoms with Crippen molar-refractivity contribution in [1.29, 1.82) is 0 Å². The van der Waals surface area contributed by atoms with Crippen LogP contribution in [0, 0.1) is 0 Å². The quantitative estimate of drug-likeness (QED) is 0.792. The summed E-state index contributed by atoms with van der Waals surface area (Å²) in [6, 6.07) is 5.44. The van der Waals surface area contributed by atoms with Crippen molar-refractivity contribution < 1.29 is 29.0 Å². The maximum atomic E-state index is 10.2. The molecule has 1 fully saturated rings. The summed E-state index contributed by atoms with van der Waals surface area (Å²) in [6.07, 6.45) is -0.0284. The first-order chi connectivity index (χ1) is 10.6. The van der Waals surface area contributed by atoms with Crippen LogP contribution in [0.5, 0.6) is 17.2 Å². The van der Waals surface area contributed by atoms with Crippen molar-refractivity contribution in [1.82, 2.24) is 0 Å². The molecule has 0 unspecified atom stereocenters. The fraction of sp³-hybridized carbons (Fsp3) is 0.625. The number of hydrogen-bond donors (Lipinski definition) is 2. The van der Waals surface area contributed by atoms with Gasteiger partial charge < -0.3 is 29.0 Å². The van der Waals surface area contributed by atoms with Gasteiger partial charge in [-0.3, -0.25) is 0 Å². The predicted octanol–water partition coefficient (Wildman–Crippen LogP) is -0.153. The minimum atomic E-state index is -0.502. The molecule has 3 atom stereocenters. The molecule has 122 valence electrons. The van der Waals surface area contributed by atoms with Gasteiger partial charge in [0.25, 0.3) is 0 Å². The first-order valence-corrected chi connectivity index (χ1v) is 7.79. The van der Waals surface area contributed by atoms with E-state index in [1.807, 2.05) is 12.1 Å². The van der Waals surface area contributed by atoms with E-state index in [9.17, 15) is 5.11 Å². The number of nitrogens with one attached hydrogen (secondary N) is 1. The van der Waals surface area contributed by atoms with Gasteiger partial charge in [-0.2, -0.15) is 0 Å². The lowest BCUT2D eigenvalue weighted by Gasteiger charge is -2.33. The van der Waals surface area contributed by atoms with E-state index in [1.54, 1.807) is 6.07 Å². The first kappa shape index (κ1) is 15.4. The molecule has 0 spiro atoms. The minimum Gasteiger partial charge on any atom is -0.491 e. The van der Waals surface area contributed by atoms with E-state index in [0.29, 0.717) is 18.0 Å². The summed E-state index contributed by atoms with van der Waals surface area (Å²) in [4.78, 5) is 1.35. The van der Waals surface area contributed by atoms with Gasteiger partial charge in [-0.15, -0.1) is 0 Å². The lowest BCUT2D eigenvalue weighted by Crippen LogP contribution is -3.16. The van der Waals surface area contributed by atoms with Crippen molar-refractivity contribution in [2.75, 3.05) is 33.0 Å². The van der Waals surface area contributed by atoms with Crippen LogP contribution in [0.4, 0.5) is 0 Å². The topological polar surface area (TPSA) is 61.6 Å². The maximum absolute atomic E-state index is 10.2. The summed E-state index contributed by atoms with van der Waals surface area (Å²) in [5, 5.41) is 10.2. The number of quaternary nitrogens is 1. The summed E-state index contributed by atoms with van der Waals surface area (Å²) in [5.74, 6) is 2.10. The molecule has 0 aromatic heterocycles. The number of aliphatic hydroxyl groups excluding tert-OH is 1. The van der Waals surface area contributed by atoms with Gasteiger partial charge in [0.05, 0.1) is 0 Å². The summed E-state index contributed by atoms with van der Waals surface area (Å²) < 4.78 is 21.9. The van der Waals surface area contributed by atoms with Crippen LogP contribution in [0.2, 0.25) is 0 Å². The van der Waals surface area contributed by atoms with E-state index in [0.717, 1.165) is 18.8 Å². The van der Waals surface area contributed by atoms with Crippen LogP contribution >= 0.6 is 0 Å². The number of hydrogen-bond acceptors (Lipinski definition) is 5. The summed E-state index contributed by atoms with van der Waals surface area (Å²) >= 11 is 0. The number of morpholine rings is 1. The number of aliphatic hydroxyl groups is 1. The molecule has 6 nitrogen and oxygen atoms in total. The molecule has 0 radical (unpaired) electrons. The van der Waals surface area contributed by atoms with Gasteiger partial charge in [-0.05, 0) is 26.0 Å². The Bertz CT molecular complexity index is 499. The molecule has 2 heterocycles. The summed E-state index contributed by atoms with van der Waals surface area (Å²) in [5.41, 5.74) is 0. The second-order valence-corrected chi connectivity index (χ2v) is 6.10. The highest BCUT2D eigenvalue weighted by Crippen LogP contribution is 2.35. The molecule has 1 aromatic rings. The molecule has 0 bridgehead atoms. The number of ether oxygens (including phenoxy) is 4. The summed E-state index contributed by atoms with van der Waals surface area (Å²) in [7, 11) is 0. The molecule has 2 aliphatic rings. The molecule has 6 heteroatoms. The third kappa shape index (κ3) is 3.82. The average molecular weight is 310 g/mol. The highest BCUT2D eigenvalue weighted by atomic mass is 16.7. The summed E-state index contributed by atoms with van der Waals surface area (Å²) in [6.45, 7) is 7.18. The monoisotopic (exact) mass is 310 g/mol. The fourth-order valence-electron chi connectivity index (χ4n) is 3.11. The Morgan fingerprint density at radius 1 is 1.23 bits per heavy atom. The zero-order valence-electron chi connectivity index (χ0n) is 13.1. The van der Waals surface area contributed by atoms with Gasteiger partial charge in [0.15, 0.2) is 11.5 Å². The molecular weight excluding hydrogens is 286 g/mol. The minimum absolute atomic E-state index is 0.237. The van der Waals surface area contributed by atoms with Crippen LogP contribution in [0.1, 0.15) is 13.8 Å². The van der Waals surface area contributed by atoms with Gasteiger partial charge in [-0.1, -0.05) is 0 Å². The van der Waals surface area contributed by atoms with Crippen molar-refractivity contribution in [2.24, 2.45) is 0 Å². The van der Waals surface area contributed by atoms with Gasteiger partial charge in [0.2, 0.25) is 6.79 Å². The van der Waals surface area contributed by atoms with Gasteiger partial charge in [0, 0.05) is 6.07 Å². The van der Waals surface area contributed by atoms with Crippen LogP contribution in [-0.4, -0.2) is 56.5 Å². The Balaban J connectivity index is 1.47. The van der Waals surface area contributed by atoms with E-state index in [4.69, 9.17) is 18.9 Å². The smallest absolute Gasteiger partial charge is 0.231 e. The molecule has 2 N–H and O–H groups in total. The van der Waals surface area contributed by atoms with Crippen molar-refractivity contribution in [3.05, 3.63) is 18.2 Å². The Morgan fingerprint density at radius 3 is 2.73 bits per heavy atom. The third-order valence-electron chi connectivity index (χ3n) is 3.93. The average Bonchev–Trinajstić information content (AvgIpc) is 2.91. The van der Waals surface area contributed by atoms with Gasteiger partial charge in [0.1, 0.15) is 50.3 Å². The number of fused-ring (bicyclic) bond motifs is 1. The van der Waals surface area contributed by atoms with Crippen LogP contribution < -0.4 is 19.1 Å². The molecular formula is C16H24NO5+. The normalized spacial score (nSPS) is 28.4. The molecule has 3 rings (SSSR count). The standard InChI is InChI=1S/C16H23NO5/c1-11-6-17(7-12(2)22-11)8-13(18)9-19-14-3-4-15-16(5-14)21-10-20-15/h3-5,11-13,18H,6-10H2,1-2H3/p+1/t11-,12-,13-/m0/s1. The largest absolute Gasteiger partial charge is 0.491 e. The Kier molecular flexibility index (Phi) is 4.71. The van der Waals surface area contributed by atoms with E-state index in [1.165, 1.54) is 4.90 Å². The van der Waals surface area contributed by atoms with Crippen molar-refractivity contribution in [2.45, 2.75) is 32.2 Å². The molecule has 1 aromatic carbocycles. The van der Waals surface area contributed by atoms with Gasteiger partial charge >= 0.3 is 0 Å². The Morgan fingerprint density at radius 2 is 1.95 bits per heavy atom. The van der Waals surface area contributed by atoms with Gasteiger partial charge in [-0.25, -0.2) is 0 Å². The molecule has 0 aliphatic carbocycles.